The molecule has 11 nitrogen and oxygen atoms in total. The third kappa shape index (κ3) is 5.10. The number of aromatic nitrogens is 6. The van der Waals surface area contributed by atoms with Crippen molar-refractivity contribution in [3.05, 3.63) is 90.5 Å². The number of anilines is 1. The van der Waals surface area contributed by atoms with Crippen molar-refractivity contribution in [1.29, 1.82) is 0 Å². The largest absolute Gasteiger partial charge is 0.488 e. The molecule has 48 heavy (non-hydrogen) atoms. The molecule has 244 valence electrons. The van der Waals surface area contributed by atoms with E-state index < -0.39 is 17.7 Å². The summed E-state index contributed by atoms with van der Waals surface area (Å²) >= 11 is 0. The molecule has 6 aromatic rings. The van der Waals surface area contributed by atoms with Crippen LogP contribution in [-0.2, 0) is 18.3 Å². The molecular formula is C35H32F2N8O3. The van der Waals surface area contributed by atoms with Gasteiger partial charge in [-0.1, -0.05) is 24.3 Å². The number of rotatable bonds is 4. The molecule has 0 aliphatic carbocycles. The van der Waals surface area contributed by atoms with E-state index in [0.29, 0.717) is 55.0 Å². The van der Waals surface area contributed by atoms with Gasteiger partial charge in [0.15, 0.2) is 11.5 Å². The lowest BCUT2D eigenvalue weighted by molar-refractivity contribution is -0.133. The molecule has 2 aliphatic heterocycles. The van der Waals surface area contributed by atoms with Gasteiger partial charge >= 0.3 is 0 Å². The number of aliphatic hydroxyl groups is 1. The van der Waals surface area contributed by atoms with Crippen molar-refractivity contribution < 1.29 is 23.4 Å². The fraction of sp³-hybridized carbons (Fsp3) is 0.286. The number of hydrogen-bond acceptors (Lipinski definition) is 8. The van der Waals surface area contributed by atoms with E-state index in [1.165, 1.54) is 23.3 Å². The average molecular weight is 651 g/mol. The molecular weight excluding hydrogens is 618 g/mol. The van der Waals surface area contributed by atoms with Gasteiger partial charge in [0, 0.05) is 43.7 Å². The van der Waals surface area contributed by atoms with Gasteiger partial charge in [0.2, 0.25) is 5.91 Å². The van der Waals surface area contributed by atoms with E-state index in [1.807, 2.05) is 47.0 Å². The molecule has 8 rings (SSSR count). The lowest BCUT2D eigenvalue weighted by Crippen LogP contribution is -2.47. The predicted octanol–water partition coefficient (Wildman–Crippen LogP) is 4.44. The Morgan fingerprint density at radius 3 is 2.79 bits per heavy atom. The minimum Gasteiger partial charge on any atom is -0.488 e. The Balaban J connectivity index is 1.21. The Hall–Kier alpha value is -5.43. The number of amides is 1. The summed E-state index contributed by atoms with van der Waals surface area (Å²) in [5, 5.41) is 20.7. The van der Waals surface area contributed by atoms with Crippen LogP contribution >= 0.6 is 0 Å². The Labute approximate surface area is 274 Å². The summed E-state index contributed by atoms with van der Waals surface area (Å²) < 4.78 is 38.3. The van der Waals surface area contributed by atoms with E-state index in [9.17, 15) is 18.7 Å². The SMILES string of the molecule is Cn1nc2cccc3c2c1CCCN(CCO)C(=O)[C@@H]1CC(CN1c1ncnc2c1cnn2-c1ccc(F)cc1F)Oc1cccc-3c1. The summed E-state index contributed by atoms with van der Waals surface area (Å²) in [6.07, 6.45) is 4.20. The fourth-order valence-corrected chi connectivity index (χ4v) is 7.11. The minimum absolute atomic E-state index is 0.0361. The van der Waals surface area contributed by atoms with Crippen molar-refractivity contribution in [3.8, 4) is 22.6 Å². The van der Waals surface area contributed by atoms with Gasteiger partial charge in [-0.05, 0) is 54.3 Å². The van der Waals surface area contributed by atoms with Gasteiger partial charge in [-0.15, -0.1) is 0 Å². The van der Waals surface area contributed by atoms with Crippen molar-refractivity contribution in [2.75, 3.05) is 31.1 Å². The van der Waals surface area contributed by atoms with Crippen LogP contribution in [0.3, 0.4) is 0 Å². The Morgan fingerprint density at radius 1 is 1.06 bits per heavy atom. The van der Waals surface area contributed by atoms with E-state index in [-0.39, 0.29) is 30.9 Å². The van der Waals surface area contributed by atoms with Crippen molar-refractivity contribution in [1.82, 2.24) is 34.4 Å². The van der Waals surface area contributed by atoms with Crippen molar-refractivity contribution in [2.24, 2.45) is 7.05 Å². The van der Waals surface area contributed by atoms with Crippen LogP contribution < -0.4 is 9.64 Å². The monoisotopic (exact) mass is 650 g/mol. The summed E-state index contributed by atoms with van der Waals surface area (Å²) in [4.78, 5) is 26.9. The van der Waals surface area contributed by atoms with Crippen LogP contribution in [0.1, 0.15) is 18.5 Å². The van der Waals surface area contributed by atoms with E-state index in [2.05, 4.69) is 27.2 Å². The topological polar surface area (TPSA) is 114 Å². The van der Waals surface area contributed by atoms with Crippen molar-refractivity contribution in [3.63, 3.8) is 0 Å². The van der Waals surface area contributed by atoms with Crippen LogP contribution in [0.5, 0.6) is 5.75 Å². The second-order valence-corrected chi connectivity index (χ2v) is 12.2. The van der Waals surface area contributed by atoms with Gasteiger partial charge in [0.25, 0.3) is 0 Å². The minimum atomic E-state index is -0.785. The van der Waals surface area contributed by atoms with Crippen LogP contribution in [0.25, 0.3) is 38.8 Å². The van der Waals surface area contributed by atoms with Gasteiger partial charge < -0.3 is 19.6 Å². The molecule has 2 atom stereocenters. The maximum absolute atomic E-state index is 14.8. The highest BCUT2D eigenvalue weighted by Crippen LogP contribution is 2.36. The third-order valence-electron chi connectivity index (χ3n) is 9.25. The standard InChI is InChI=1S/C35H32F2N8O3/c1-42-30-9-4-12-43(13-14-46)35(47)31-17-24(48-23-6-2-5-21(15-23)25-7-3-8-28(41-42)32(25)30)19-44(31)33-26-18-40-45(34(26)39-20-38-33)29-11-10-22(36)16-27(29)37/h2-3,5-8,10-11,15-16,18,20,24,31,46H,4,9,12-14,17,19H2,1H3/t24?,31-/m0/s1. The molecule has 1 saturated heterocycles. The molecule has 1 fully saturated rings. The number of hydrogen-bond donors (Lipinski definition) is 1. The molecule has 0 saturated carbocycles. The normalized spacial score (nSPS) is 18.3. The van der Waals surface area contributed by atoms with Gasteiger partial charge in [0.1, 0.15) is 41.5 Å². The van der Waals surface area contributed by atoms with E-state index >= 15 is 0 Å². The van der Waals surface area contributed by atoms with E-state index in [4.69, 9.17) is 9.84 Å². The summed E-state index contributed by atoms with van der Waals surface area (Å²) in [5.41, 5.74) is 4.38. The number of aliphatic hydroxyl groups excluding tert-OH is 1. The number of ether oxygens (including phenoxy) is 1. The lowest BCUT2D eigenvalue weighted by atomic mass is 9.98. The Kier molecular flexibility index (Phi) is 7.47. The zero-order valence-electron chi connectivity index (χ0n) is 26.1. The fourth-order valence-electron chi connectivity index (χ4n) is 7.11. The zero-order chi connectivity index (χ0) is 32.9. The maximum Gasteiger partial charge on any atom is 0.245 e. The molecule has 1 N–H and O–H groups in total. The van der Waals surface area contributed by atoms with E-state index in [1.54, 1.807) is 4.90 Å². The highest BCUT2D eigenvalue weighted by Gasteiger charge is 2.42. The summed E-state index contributed by atoms with van der Waals surface area (Å²) in [6.45, 7) is 0.752. The quantitative estimate of drug-likeness (QED) is 0.298. The average Bonchev–Trinajstić information content (AvgIpc) is 3.79. The number of carbonyl (C=O) groups is 1. The number of benzene rings is 3. The van der Waals surface area contributed by atoms with Gasteiger partial charge in [-0.3, -0.25) is 9.48 Å². The van der Waals surface area contributed by atoms with Crippen molar-refractivity contribution in [2.45, 2.75) is 31.4 Å². The second-order valence-electron chi connectivity index (χ2n) is 12.2. The molecule has 1 amide bonds. The van der Waals surface area contributed by atoms with Crippen LogP contribution in [-0.4, -0.2) is 83.8 Å². The maximum atomic E-state index is 14.8. The smallest absolute Gasteiger partial charge is 0.245 e. The number of β-amino-alcohol motifs (C(OH)–C–C–N with tert-alkyl or cyclic N) is 1. The van der Waals surface area contributed by atoms with Crippen LogP contribution in [0.2, 0.25) is 0 Å². The Morgan fingerprint density at radius 2 is 1.94 bits per heavy atom. The van der Waals surface area contributed by atoms with Gasteiger partial charge in [-0.25, -0.2) is 23.4 Å². The lowest BCUT2D eigenvalue weighted by Gasteiger charge is -2.30. The molecule has 3 aromatic heterocycles. The molecule has 4 bridgehead atoms. The molecule has 13 heteroatoms. The summed E-state index contributed by atoms with van der Waals surface area (Å²) in [7, 11) is 1.94. The molecule has 3 aromatic carbocycles. The zero-order valence-corrected chi connectivity index (χ0v) is 26.1. The predicted molar refractivity (Wildman–Crippen MR) is 175 cm³/mol. The first-order valence-electron chi connectivity index (χ1n) is 15.9. The highest BCUT2D eigenvalue weighted by atomic mass is 19.1. The summed E-state index contributed by atoms with van der Waals surface area (Å²) in [5.74, 6) is -0.523. The number of nitrogens with zero attached hydrogens (tertiary/aromatic N) is 8. The molecule has 0 radical (unpaired) electrons. The number of aryl methyl sites for hydroxylation is 2. The van der Waals surface area contributed by atoms with Gasteiger partial charge in [0.05, 0.1) is 30.3 Å². The number of fused-ring (bicyclic) bond motifs is 6. The molecule has 5 heterocycles. The first kappa shape index (κ1) is 29.9. The first-order chi connectivity index (χ1) is 23.4. The van der Waals surface area contributed by atoms with Gasteiger partial charge in [-0.2, -0.15) is 10.2 Å². The third-order valence-corrected chi connectivity index (χ3v) is 9.25. The molecule has 2 aliphatic rings. The van der Waals surface area contributed by atoms with Crippen molar-refractivity contribution >= 4 is 33.7 Å². The summed E-state index contributed by atoms with van der Waals surface area (Å²) in [6, 6.07) is 16.7. The van der Waals surface area contributed by atoms with Crippen LogP contribution in [0.4, 0.5) is 14.6 Å². The number of halogens is 2. The second kappa shape index (κ2) is 12.0. The highest BCUT2D eigenvalue weighted by molar-refractivity contribution is 5.97. The van der Waals surface area contributed by atoms with E-state index in [0.717, 1.165) is 39.9 Å². The Bertz CT molecular complexity index is 2180. The molecule has 0 spiro atoms. The van der Waals surface area contributed by atoms with Crippen LogP contribution in [0, 0.1) is 11.6 Å². The number of carbonyl (C=O) groups excluding carboxylic acids is 1. The molecule has 1 unspecified atom stereocenters. The first-order valence-corrected chi connectivity index (χ1v) is 15.9. The van der Waals surface area contributed by atoms with Crippen LogP contribution in [0.15, 0.2) is 73.2 Å².